The molecular weight excluding hydrogens is 478 g/mol. The Bertz CT molecular complexity index is 1260. The summed E-state index contributed by atoms with van der Waals surface area (Å²) in [5.74, 6) is 0.288. The second kappa shape index (κ2) is 12.2. The van der Waals surface area contributed by atoms with Gasteiger partial charge in [0.15, 0.2) is 11.7 Å². The van der Waals surface area contributed by atoms with Crippen LogP contribution in [0.3, 0.4) is 0 Å². The molecule has 4 aromatic rings. The summed E-state index contributed by atoms with van der Waals surface area (Å²) in [5, 5.41) is 8.00. The van der Waals surface area contributed by atoms with E-state index >= 15 is 0 Å². The Labute approximate surface area is 212 Å². The Morgan fingerprint density at radius 1 is 0.971 bits per heavy atom. The highest BCUT2D eigenvalue weighted by molar-refractivity contribution is 8.00. The average molecular weight is 504 g/mol. The maximum Gasteiger partial charge on any atom is 0.262 e. The van der Waals surface area contributed by atoms with Crippen LogP contribution in [0, 0.1) is 0 Å². The molecule has 0 aliphatic carbocycles. The monoisotopic (exact) mass is 503 g/mol. The van der Waals surface area contributed by atoms with Crippen LogP contribution in [0.2, 0.25) is 0 Å². The van der Waals surface area contributed by atoms with Gasteiger partial charge in [0.1, 0.15) is 5.75 Å². The molecular formula is C27H25N3O3S2. The minimum Gasteiger partial charge on any atom is -0.484 e. The quantitative estimate of drug-likeness (QED) is 0.247. The van der Waals surface area contributed by atoms with E-state index in [0.717, 1.165) is 16.2 Å². The topological polar surface area (TPSA) is 80.3 Å². The first-order chi connectivity index (χ1) is 17.1. The van der Waals surface area contributed by atoms with Gasteiger partial charge < -0.3 is 15.4 Å². The lowest BCUT2D eigenvalue weighted by Gasteiger charge is -2.14. The molecule has 1 unspecified atom stereocenters. The SMILES string of the molecule is CCC(Sc1cccc(NC(=O)COc2ccccc2)c1)C(=O)Nc1nc(-c2ccccc2)cs1. The van der Waals surface area contributed by atoms with Gasteiger partial charge in [0.05, 0.1) is 10.9 Å². The first-order valence-electron chi connectivity index (χ1n) is 11.2. The van der Waals surface area contributed by atoms with Crippen LogP contribution >= 0.6 is 23.1 Å². The Morgan fingerprint density at radius 2 is 1.71 bits per heavy atom. The number of anilines is 2. The number of hydrogen-bond donors (Lipinski definition) is 2. The number of amides is 2. The maximum absolute atomic E-state index is 12.9. The van der Waals surface area contributed by atoms with Crippen LogP contribution < -0.4 is 15.4 Å². The number of ether oxygens (including phenoxy) is 1. The minimum absolute atomic E-state index is 0.0832. The molecule has 1 aromatic heterocycles. The van der Waals surface area contributed by atoms with Crippen molar-refractivity contribution in [1.29, 1.82) is 0 Å². The normalized spacial score (nSPS) is 11.5. The molecule has 0 fully saturated rings. The Balaban J connectivity index is 1.32. The number of nitrogens with one attached hydrogen (secondary N) is 2. The van der Waals surface area contributed by atoms with Gasteiger partial charge in [0, 0.05) is 21.5 Å². The molecule has 0 radical (unpaired) electrons. The Kier molecular flexibility index (Phi) is 8.53. The van der Waals surface area contributed by atoms with E-state index in [2.05, 4.69) is 15.6 Å². The fourth-order valence-electron chi connectivity index (χ4n) is 3.25. The van der Waals surface area contributed by atoms with Gasteiger partial charge in [-0.25, -0.2) is 4.98 Å². The van der Waals surface area contributed by atoms with E-state index in [1.807, 2.05) is 85.1 Å². The molecule has 1 atom stereocenters. The highest BCUT2D eigenvalue weighted by atomic mass is 32.2. The number of thiazole rings is 1. The first-order valence-corrected chi connectivity index (χ1v) is 12.9. The summed E-state index contributed by atoms with van der Waals surface area (Å²) in [5.41, 5.74) is 2.50. The molecule has 0 spiro atoms. The second-order valence-corrected chi connectivity index (χ2v) is 9.72. The van der Waals surface area contributed by atoms with Crippen molar-refractivity contribution < 1.29 is 14.3 Å². The fraction of sp³-hybridized carbons (Fsp3) is 0.148. The van der Waals surface area contributed by atoms with Gasteiger partial charge in [-0.15, -0.1) is 23.1 Å². The molecule has 0 aliphatic heterocycles. The zero-order valence-corrected chi connectivity index (χ0v) is 20.8. The Hall–Kier alpha value is -3.62. The lowest BCUT2D eigenvalue weighted by Crippen LogP contribution is -2.24. The number of carbonyl (C=O) groups excluding carboxylic acids is 2. The summed E-state index contributed by atoms with van der Waals surface area (Å²) in [6.45, 7) is 1.89. The summed E-state index contributed by atoms with van der Waals surface area (Å²) in [6.07, 6.45) is 0.648. The molecule has 35 heavy (non-hydrogen) atoms. The lowest BCUT2D eigenvalue weighted by molar-refractivity contribution is -0.118. The number of para-hydroxylation sites is 1. The predicted octanol–water partition coefficient (Wildman–Crippen LogP) is 6.34. The zero-order valence-electron chi connectivity index (χ0n) is 19.1. The van der Waals surface area contributed by atoms with Gasteiger partial charge in [0.2, 0.25) is 5.91 Å². The van der Waals surface area contributed by atoms with E-state index in [-0.39, 0.29) is 23.7 Å². The van der Waals surface area contributed by atoms with E-state index in [4.69, 9.17) is 4.74 Å². The van der Waals surface area contributed by atoms with Crippen LogP contribution in [0.25, 0.3) is 11.3 Å². The van der Waals surface area contributed by atoms with Gasteiger partial charge in [-0.2, -0.15) is 0 Å². The van der Waals surface area contributed by atoms with Crippen LogP contribution in [0.15, 0.2) is 95.2 Å². The van der Waals surface area contributed by atoms with Crippen molar-refractivity contribution in [2.75, 3.05) is 17.2 Å². The molecule has 6 nitrogen and oxygen atoms in total. The number of thioether (sulfide) groups is 1. The highest BCUT2D eigenvalue weighted by Crippen LogP contribution is 2.30. The molecule has 0 saturated carbocycles. The molecule has 8 heteroatoms. The highest BCUT2D eigenvalue weighted by Gasteiger charge is 2.20. The second-order valence-electron chi connectivity index (χ2n) is 7.59. The summed E-state index contributed by atoms with van der Waals surface area (Å²) >= 11 is 2.86. The van der Waals surface area contributed by atoms with E-state index in [1.165, 1.54) is 23.1 Å². The molecule has 0 bridgehead atoms. The molecule has 0 aliphatic rings. The molecule has 3 aromatic carbocycles. The van der Waals surface area contributed by atoms with Crippen molar-refractivity contribution in [3.05, 3.63) is 90.3 Å². The van der Waals surface area contributed by atoms with Crippen molar-refractivity contribution in [2.24, 2.45) is 0 Å². The van der Waals surface area contributed by atoms with Crippen LogP contribution in [-0.2, 0) is 9.59 Å². The standard InChI is InChI=1S/C27H25N3O3S2/c1-2-24(26(32)30-27-29-23(18-34-27)19-10-5-3-6-11-19)35-22-15-9-12-20(16-22)28-25(31)17-33-21-13-7-4-8-14-21/h3-16,18,24H,2,17H2,1H3,(H,28,31)(H,29,30,32). The third kappa shape index (κ3) is 7.18. The molecule has 2 N–H and O–H groups in total. The first kappa shape index (κ1) is 24.5. The predicted molar refractivity (Wildman–Crippen MR) is 143 cm³/mol. The van der Waals surface area contributed by atoms with Gasteiger partial charge in [-0.3, -0.25) is 9.59 Å². The van der Waals surface area contributed by atoms with Crippen molar-refractivity contribution >= 4 is 45.7 Å². The van der Waals surface area contributed by atoms with Crippen LogP contribution in [0.1, 0.15) is 13.3 Å². The van der Waals surface area contributed by atoms with E-state index < -0.39 is 0 Å². The number of hydrogen-bond acceptors (Lipinski definition) is 6. The van der Waals surface area contributed by atoms with Crippen LogP contribution in [-0.4, -0.2) is 28.7 Å². The molecule has 0 saturated heterocycles. The van der Waals surface area contributed by atoms with E-state index in [0.29, 0.717) is 23.0 Å². The largest absolute Gasteiger partial charge is 0.484 e. The number of aromatic nitrogens is 1. The van der Waals surface area contributed by atoms with Gasteiger partial charge in [0.25, 0.3) is 5.91 Å². The third-order valence-corrected chi connectivity index (χ3v) is 7.09. The minimum atomic E-state index is -0.300. The van der Waals surface area contributed by atoms with Crippen molar-refractivity contribution in [3.63, 3.8) is 0 Å². The van der Waals surface area contributed by atoms with Gasteiger partial charge in [-0.1, -0.05) is 61.5 Å². The summed E-state index contributed by atoms with van der Waals surface area (Å²) < 4.78 is 5.50. The van der Waals surface area contributed by atoms with Crippen molar-refractivity contribution in [2.45, 2.75) is 23.5 Å². The van der Waals surface area contributed by atoms with E-state index in [1.54, 1.807) is 12.1 Å². The average Bonchev–Trinajstić information content (AvgIpc) is 3.36. The van der Waals surface area contributed by atoms with Gasteiger partial charge in [-0.05, 0) is 36.8 Å². The van der Waals surface area contributed by atoms with E-state index in [9.17, 15) is 9.59 Å². The number of rotatable bonds is 10. The van der Waals surface area contributed by atoms with Crippen molar-refractivity contribution in [3.8, 4) is 17.0 Å². The fourth-order valence-corrected chi connectivity index (χ4v) is 4.99. The molecule has 4 rings (SSSR count). The zero-order chi connectivity index (χ0) is 24.5. The van der Waals surface area contributed by atoms with Gasteiger partial charge >= 0.3 is 0 Å². The number of benzene rings is 3. The third-order valence-electron chi connectivity index (χ3n) is 4.98. The summed E-state index contributed by atoms with van der Waals surface area (Å²) in [4.78, 5) is 30.6. The van der Waals surface area contributed by atoms with Crippen molar-refractivity contribution in [1.82, 2.24) is 4.98 Å². The number of nitrogens with zero attached hydrogens (tertiary/aromatic N) is 1. The van der Waals surface area contributed by atoms with Crippen LogP contribution in [0.5, 0.6) is 5.75 Å². The number of carbonyl (C=O) groups is 2. The lowest BCUT2D eigenvalue weighted by atomic mass is 10.2. The smallest absolute Gasteiger partial charge is 0.262 e. The molecule has 178 valence electrons. The Morgan fingerprint density at radius 3 is 2.46 bits per heavy atom. The molecule has 1 heterocycles. The molecule has 2 amide bonds. The summed E-state index contributed by atoms with van der Waals surface area (Å²) in [7, 11) is 0. The van der Waals surface area contributed by atoms with Crippen LogP contribution in [0.4, 0.5) is 10.8 Å². The summed E-state index contributed by atoms with van der Waals surface area (Å²) in [6, 6.07) is 26.5. The maximum atomic E-state index is 12.9.